The van der Waals surface area contributed by atoms with Crippen molar-refractivity contribution in [2.45, 2.75) is 25.3 Å². The van der Waals surface area contributed by atoms with E-state index >= 15 is 0 Å². The van der Waals surface area contributed by atoms with E-state index in [-0.39, 0.29) is 0 Å². The van der Waals surface area contributed by atoms with Gasteiger partial charge < -0.3 is 20.4 Å². The Morgan fingerprint density at radius 1 is 1.14 bits per heavy atom. The number of piperidine rings is 1. The van der Waals surface area contributed by atoms with Gasteiger partial charge in [-0.05, 0) is 68.8 Å². The minimum atomic E-state index is 0.644. The minimum absolute atomic E-state index is 0.644. The third-order valence-electron chi connectivity index (χ3n) is 4.35. The minimum Gasteiger partial charge on any atom is -0.464 e. The predicted octanol–water partition coefficient (Wildman–Crippen LogP) is 2.85. The Morgan fingerprint density at radius 3 is 2.55 bits per heavy atom. The van der Waals surface area contributed by atoms with E-state index in [1.807, 2.05) is 12.1 Å². The van der Waals surface area contributed by atoms with Crippen LogP contribution < -0.4 is 16.0 Å². The van der Waals surface area contributed by atoms with Crippen LogP contribution in [0.25, 0.3) is 11.3 Å². The van der Waals surface area contributed by atoms with Crippen molar-refractivity contribution in [3.63, 3.8) is 0 Å². The number of anilines is 1. The Morgan fingerprint density at radius 2 is 1.91 bits per heavy atom. The van der Waals surface area contributed by atoms with Crippen LogP contribution in [0.15, 0.2) is 47.1 Å². The Bertz CT molecular complexity index is 542. The van der Waals surface area contributed by atoms with Gasteiger partial charge in [-0.2, -0.15) is 0 Å². The maximum absolute atomic E-state index is 5.53. The molecule has 0 bridgehead atoms. The molecule has 3 rings (SSSR count). The van der Waals surface area contributed by atoms with E-state index in [4.69, 9.17) is 10.2 Å². The van der Waals surface area contributed by atoms with E-state index in [0.717, 1.165) is 43.9 Å². The van der Waals surface area contributed by atoms with Crippen LogP contribution in [-0.2, 0) is 0 Å². The largest absolute Gasteiger partial charge is 0.464 e. The second kappa shape index (κ2) is 7.47. The summed E-state index contributed by atoms with van der Waals surface area (Å²) in [5.41, 5.74) is 7.97. The molecule has 1 aromatic carbocycles. The molecule has 4 heteroatoms. The number of furan rings is 1. The van der Waals surface area contributed by atoms with Gasteiger partial charge in [0.25, 0.3) is 0 Å². The molecule has 0 radical (unpaired) electrons. The van der Waals surface area contributed by atoms with E-state index in [1.165, 1.54) is 18.5 Å². The highest BCUT2D eigenvalue weighted by Crippen LogP contribution is 2.25. The monoisotopic (exact) mass is 299 g/mol. The summed E-state index contributed by atoms with van der Waals surface area (Å²) in [4.78, 5) is 2.47. The van der Waals surface area contributed by atoms with Crippen LogP contribution in [0.1, 0.15) is 19.3 Å². The number of nitrogens with zero attached hydrogens (tertiary/aromatic N) is 1. The fourth-order valence-corrected chi connectivity index (χ4v) is 3.03. The number of nitrogens with two attached hydrogens (primary N) is 1. The Hall–Kier alpha value is -1.78. The molecule has 0 saturated carbocycles. The lowest BCUT2D eigenvalue weighted by molar-refractivity contribution is 0.414. The quantitative estimate of drug-likeness (QED) is 0.805. The van der Waals surface area contributed by atoms with Gasteiger partial charge in [0.05, 0.1) is 6.26 Å². The zero-order valence-electron chi connectivity index (χ0n) is 13.0. The van der Waals surface area contributed by atoms with Gasteiger partial charge in [0.2, 0.25) is 0 Å². The molecule has 0 amide bonds. The number of nitrogens with one attached hydrogen (secondary N) is 1. The average molecular weight is 299 g/mol. The lowest BCUT2D eigenvalue weighted by Crippen LogP contribution is -2.43. The summed E-state index contributed by atoms with van der Waals surface area (Å²) in [5.74, 6) is 0.925. The van der Waals surface area contributed by atoms with Crippen molar-refractivity contribution in [1.82, 2.24) is 5.32 Å². The first kappa shape index (κ1) is 15.1. The molecule has 1 aliphatic rings. The molecule has 4 nitrogen and oxygen atoms in total. The van der Waals surface area contributed by atoms with E-state index in [0.29, 0.717) is 6.04 Å². The average Bonchev–Trinajstić information content (AvgIpc) is 3.11. The molecular formula is C18H25N3O. The highest BCUT2D eigenvalue weighted by molar-refractivity contribution is 5.61. The molecule has 1 saturated heterocycles. The Kier molecular flexibility index (Phi) is 5.14. The first-order valence-electron chi connectivity index (χ1n) is 8.19. The lowest BCUT2D eigenvalue weighted by atomic mass is 10.0. The second-order valence-corrected chi connectivity index (χ2v) is 5.88. The maximum atomic E-state index is 5.53. The van der Waals surface area contributed by atoms with Crippen molar-refractivity contribution >= 4 is 5.69 Å². The van der Waals surface area contributed by atoms with Crippen molar-refractivity contribution in [3.05, 3.63) is 42.7 Å². The van der Waals surface area contributed by atoms with Crippen molar-refractivity contribution in [2.24, 2.45) is 5.73 Å². The molecule has 22 heavy (non-hydrogen) atoms. The molecule has 118 valence electrons. The summed E-state index contributed by atoms with van der Waals surface area (Å²) in [7, 11) is 0. The first-order valence-corrected chi connectivity index (χ1v) is 8.19. The molecule has 2 aromatic rings. The normalized spacial score (nSPS) is 16.1. The zero-order chi connectivity index (χ0) is 15.2. The van der Waals surface area contributed by atoms with Gasteiger partial charge >= 0.3 is 0 Å². The molecule has 0 atom stereocenters. The molecule has 0 unspecified atom stereocenters. The summed E-state index contributed by atoms with van der Waals surface area (Å²) < 4.78 is 5.43. The lowest BCUT2D eigenvalue weighted by Gasteiger charge is -2.34. The van der Waals surface area contributed by atoms with E-state index < -0.39 is 0 Å². The van der Waals surface area contributed by atoms with Crippen molar-refractivity contribution in [3.8, 4) is 11.3 Å². The summed E-state index contributed by atoms with van der Waals surface area (Å²) in [6, 6.07) is 13.2. The number of benzene rings is 1. The standard InChI is InChI=1S/C18H25N3O/c19-10-2-11-20-16-8-12-21(13-9-16)17-6-4-15(5-7-17)18-3-1-14-22-18/h1,3-7,14,16,20H,2,8-13,19H2. The smallest absolute Gasteiger partial charge is 0.133 e. The fourth-order valence-electron chi connectivity index (χ4n) is 3.03. The fraction of sp³-hybridized carbons (Fsp3) is 0.444. The van der Waals surface area contributed by atoms with Crippen LogP contribution in [-0.4, -0.2) is 32.2 Å². The summed E-state index contributed by atoms with van der Waals surface area (Å²) in [6.45, 7) is 4.04. The van der Waals surface area contributed by atoms with Gasteiger partial charge in [0.15, 0.2) is 0 Å². The molecule has 1 aromatic heterocycles. The van der Waals surface area contributed by atoms with Gasteiger partial charge in [-0.1, -0.05) is 0 Å². The van der Waals surface area contributed by atoms with Crippen LogP contribution in [0.3, 0.4) is 0 Å². The van der Waals surface area contributed by atoms with Gasteiger partial charge in [-0.15, -0.1) is 0 Å². The molecule has 0 aliphatic carbocycles. The third kappa shape index (κ3) is 3.70. The third-order valence-corrected chi connectivity index (χ3v) is 4.35. The summed E-state index contributed by atoms with van der Waals surface area (Å²) >= 11 is 0. The summed E-state index contributed by atoms with van der Waals surface area (Å²) in [6.07, 6.45) is 5.18. The number of hydrogen-bond donors (Lipinski definition) is 2. The molecule has 1 fully saturated rings. The number of rotatable bonds is 6. The first-order chi connectivity index (χ1) is 10.9. The van der Waals surface area contributed by atoms with Crippen LogP contribution in [0.4, 0.5) is 5.69 Å². The van der Waals surface area contributed by atoms with Crippen molar-refractivity contribution in [2.75, 3.05) is 31.1 Å². The van der Waals surface area contributed by atoms with Gasteiger partial charge in [-0.3, -0.25) is 0 Å². The number of hydrogen-bond acceptors (Lipinski definition) is 4. The molecular weight excluding hydrogens is 274 g/mol. The highest BCUT2D eigenvalue weighted by Gasteiger charge is 2.18. The molecule has 1 aliphatic heterocycles. The molecule has 0 spiro atoms. The van der Waals surface area contributed by atoms with E-state index in [1.54, 1.807) is 6.26 Å². The van der Waals surface area contributed by atoms with Crippen LogP contribution in [0, 0.1) is 0 Å². The maximum Gasteiger partial charge on any atom is 0.133 e. The van der Waals surface area contributed by atoms with Crippen LogP contribution in [0.5, 0.6) is 0 Å². The van der Waals surface area contributed by atoms with Gasteiger partial charge in [0, 0.05) is 30.4 Å². The van der Waals surface area contributed by atoms with Crippen molar-refractivity contribution in [1.29, 1.82) is 0 Å². The van der Waals surface area contributed by atoms with Crippen LogP contribution in [0.2, 0.25) is 0 Å². The van der Waals surface area contributed by atoms with Crippen LogP contribution >= 0.6 is 0 Å². The Balaban J connectivity index is 1.53. The highest BCUT2D eigenvalue weighted by atomic mass is 16.3. The Labute approximate surface area is 132 Å². The summed E-state index contributed by atoms with van der Waals surface area (Å²) in [5, 5.41) is 3.60. The second-order valence-electron chi connectivity index (χ2n) is 5.88. The van der Waals surface area contributed by atoms with E-state index in [2.05, 4.69) is 34.5 Å². The zero-order valence-corrected chi connectivity index (χ0v) is 13.0. The predicted molar refractivity (Wildman–Crippen MR) is 91.1 cm³/mol. The molecule has 2 heterocycles. The van der Waals surface area contributed by atoms with Crippen molar-refractivity contribution < 1.29 is 4.42 Å². The van der Waals surface area contributed by atoms with Gasteiger partial charge in [-0.25, -0.2) is 0 Å². The van der Waals surface area contributed by atoms with E-state index in [9.17, 15) is 0 Å². The van der Waals surface area contributed by atoms with Gasteiger partial charge in [0.1, 0.15) is 5.76 Å². The molecule has 3 N–H and O–H groups in total. The topological polar surface area (TPSA) is 54.4 Å². The SMILES string of the molecule is NCCCNC1CCN(c2ccc(-c3ccco3)cc2)CC1.